The highest BCUT2D eigenvalue weighted by molar-refractivity contribution is 8.12. The molecule has 0 spiro atoms. The minimum absolute atomic E-state index is 1.12. The van der Waals surface area contributed by atoms with Gasteiger partial charge in [-0.15, -0.1) is 10.2 Å². The molecule has 0 radical (unpaired) electrons. The predicted octanol–water partition coefficient (Wildman–Crippen LogP) is 8.56. The summed E-state index contributed by atoms with van der Waals surface area (Å²) in [6.07, 6.45) is 16.5. The van der Waals surface area contributed by atoms with E-state index in [1.54, 1.807) is 0 Å². The number of hydrogen-bond acceptors (Lipinski definition) is 5. The van der Waals surface area contributed by atoms with Crippen LogP contribution in [0.4, 0.5) is 0 Å². The van der Waals surface area contributed by atoms with Crippen molar-refractivity contribution < 1.29 is 28.9 Å². The summed E-state index contributed by atoms with van der Waals surface area (Å²) in [6.45, 7) is 0. The van der Waals surface area contributed by atoms with E-state index in [2.05, 4.69) is 152 Å². The summed E-state index contributed by atoms with van der Waals surface area (Å²) in [5, 5.41) is 0. The molecule has 4 aromatic carbocycles. The minimum atomic E-state index is -4.94. The zero-order valence-electron chi connectivity index (χ0n) is 28.5. The fourth-order valence-electron chi connectivity index (χ4n) is 7.07. The molecule has 0 amide bonds. The number of halogens is 1. The van der Waals surface area contributed by atoms with Gasteiger partial charge in [-0.3, -0.25) is 0 Å². The van der Waals surface area contributed by atoms with E-state index >= 15 is 0 Å². The second kappa shape index (κ2) is 16.5. The largest absolute Gasteiger partial charge is 0.239 e. The van der Waals surface area contributed by atoms with Crippen molar-refractivity contribution in [2.24, 2.45) is 0 Å². The van der Waals surface area contributed by atoms with Crippen molar-refractivity contribution in [1.29, 1.82) is 0 Å². The average molecular weight is 741 g/mol. The van der Waals surface area contributed by atoms with Gasteiger partial charge in [-0.2, -0.15) is 0 Å². The summed E-state index contributed by atoms with van der Waals surface area (Å²) in [4.78, 5) is 5.57. The average Bonchev–Trinajstić information content (AvgIpc) is 3.18. The molecule has 5 aromatic rings. The van der Waals surface area contributed by atoms with Crippen LogP contribution in [-0.2, 0) is 6.42 Å². The van der Waals surface area contributed by atoms with Crippen LogP contribution in [0, 0.1) is 10.2 Å². The maximum atomic E-state index is 8.49. The zero-order chi connectivity index (χ0) is 35.9. The van der Waals surface area contributed by atoms with Crippen molar-refractivity contribution in [3.05, 3.63) is 189 Å². The lowest BCUT2D eigenvalue weighted by molar-refractivity contribution is -2.00. The number of rotatable bonds is 6. The Bertz CT molecular complexity index is 2180. The fourth-order valence-corrected chi connectivity index (χ4v) is 9.65. The summed E-state index contributed by atoms with van der Waals surface area (Å²) in [6, 6.07) is 46.1. The van der Waals surface area contributed by atoms with Crippen LogP contribution < -0.4 is 18.6 Å². The molecule has 4 nitrogen and oxygen atoms in total. The van der Waals surface area contributed by atoms with Crippen molar-refractivity contribution in [2.75, 3.05) is 0 Å². The Balaban J connectivity index is 0.000000789. The first kappa shape index (κ1) is 36.0. The summed E-state index contributed by atoms with van der Waals surface area (Å²) in [5.41, 5.74) is 13.9. The first-order chi connectivity index (χ1) is 25.3. The highest BCUT2D eigenvalue weighted by Crippen LogP contribution is 2.51. The minimum Gasteiger partial charge on any atom is -0.222 e. The molecule has 0 unspecified atom stereocenters. The molecule has 52 heavy (non-hydrogen) atoms. The van der Waals surface area contributed by atoms with Gasteiger partial charge in [0.1, 0.15) is 0 Å². The van der Waals surface area contributed by atoms with Crippen molar-refractivity contribution in [3.63, 3.8) is 0 Å². The Labute approximate surface area is 315 Å². The van der Waals surface area contributed by atoms with E-state index in [1.165, 1.54) is 88.1 Å². The van der Waals surface area contributed by atoms with E-state index in [4.69, 9.17) is 18.6 Å². The fraction of sp³-hybridized carbons (Fsp3) is 0.133. The van der Waals surface area contributed by atoms with Gasteiger partial charge in [0.2, 0.25) is 21.1 Å². The molecule has 0 atom stereocenters. The van der Waals surface area contributed by atoms with Crippen LogP contribution >= 0.6 is 23.1 Å². The molecular weight excluding hydrogens is 704 g/mol. The molecule has 7 heteroatoms. The molecule has 0 saturated heterocycles. The topological polar surface area (TPSA) is 92.2 Å². The van der Waals surface area contributed by atoms with E-state index in [-0.39, 0.29) is 0 Å². The highest BCUT2D eigenvalue weighted by Gasteiger charge is 2.30. The molecular formula is C45H37ClO4S2. The second-order valence-electron chi connectivity index (χ2n) is 12.8. The molecule has 3 aliphatic rings. The number of hydrogen-bond donors (Lipinski definition) is 0. The molecule has 0 bridgehead atoms. The maximum Gasteiger partial charge on any atom is 0.239 e. The number of benzene rings is 4. The molecule has 0 fully saturated rings. The normalized spacial score (nSPS) is 16.6. The van der Waals surface area contributed by atoms with Gasteiger partial charge in [0.15, 0.2) is 0 Å². The van der Waals surface area contributed by atoms with E-state index in [0.29, 0.717) is 0 Å². The van der Waals surface area contributed by atoms with Crippen molar-refractivity contribution >= 4 is 39.2 Å². The summed E-state index contributed by atoms with van der Waals surface area (Å²) < 4.78 is 34.0. The van der Waals surface area contributed by atoms with Crippen LogP contribution in [0.3, 0.4) is 0 Å². The van der Waals surface area contributed by atoms with Crippen LogP contribution in [0.2, 0.25) is 0 Å². The zero-order valence-corrected chi connectivity index (χ0v) is 30.9. The molecule has 8 rings (SSSR count). The standard InChI is InChI=1S/C45H37S2.ClHO4/c1-5-16-32(17-6-1)40-30-42(34-20-9-3-10-21-34)46-44-36(26-14-28-38(40)44)24-13-25-37-27-15-29-39-41(33-18-7-2-8-19-33)31-43(47-45(37)39)35-22-11-4-12-23-35;2-1(3,4)5/h1-13,16-25,30-31H,14-15,26-29H2;(H,2,3,4,5)/q+1;/p-1. The quantitative estimate of drug-likeness (QED) is 0.163. The molecule has 2 aliphatic carbocycles. The number of fused-ring (bicyclic) bond motifs is 2. The van der Waals surface area contributed by atoms with E-state index < -0.39 is 10.2 Å². The van der Waals surface area contributed by atoms with Crippen LogP contribution in [0.15, 0.2) is 168 Å². The second-order valence-corrected chi connectivity index (χ2v) is 15.6. The lowest BCUT2D eigenvalue weighted by Crippen LogP contribution is -2.68. The monoisotopic (exact) mass is 740 g/mol. The van der Waals surface area contributed by atoms with Gasteiger partial charge >= 0.3 is 0 Å². The maximum absolute atomic E-state index is 8.49. The van der Waals surface area contributed by atoms with Crippen LogP contribution in [0.5, 0.6) is 0 Å². The summed E-state index contributed by atoms with van der Waals surface area (Å²) >= 11 is 3.92. The highest BCUT2D eigenvalue weighted by atomic mass is 35.7. The van der Waals surface area contributed by atoms with Gasteiger partial charge < -0.3 is 0 Å². The van der Waals surface area contributed by atoms with Crippen LogP contribution in [0.25, 0.3) is 37.6 Å². The molecule has 1 aromatic heterocycles. The first-order valence-electron chi connectivity index (χ1n) is 17.4. The smallest absolute Gasteiger partial charge is 0.222 e. The SMILES string of the molecule is C1=C(c2ccccc2)SC2=C(/C=C/C=C3\CCCc4c(-c5ccccc5)cc(-c5ccccc5)[s+]c43)CCCC2=C1c1ccccc1.[O-][Cl+3]([O-])([O-])[O-]. The van der Waals surface area contributed by atoms with Crippen LogP contribution in [0.1, 0.15) is 53.7 Å². The Morgan fingerprint density at radius 1 is 0.615 bits per heavy atom. The Morgan fingerprint density at radius 2 is 1.17 bits per heavy atom. The lowest BCUT2D eigenvalue weighted by atomic mass is 9.87. The predicted molar refractivity (Wildman–Crippen MR) is 206 cm³/mol. The van der Waals surface area contributed by atoms with E-state index in [1.807, 2.05) is 23.1 Å². The third kappa shape index (κ3) is 8.80. The van der Waals surface area contributed by atoms with Gasteiger partial charge in [-0.25, -0.2) is 18.6 Å². The summed E-state index contributed by atoms with van der Waals surface area (Å²) in [5.74, 6) is 0. The first-order valence-corrected chi connectivity index (χ1v) is 20.3. The van der Waals surface area contributed by atoms with Gasteiger partial charge in [-0.05, 0) is 95.7 Å². The van der Waals surface area contributed by atoms with Crippen molar-refractivity contribution in [2.45, 2.75) is 38.5 Å². The van der Waals surface area contributed by atoms with Gasteiger partial charge in [0.05, 0.1) is 0 Å². The number of thioether (sulfide) groups is 1. The Morgan fingerprint density at radius 3 is 1.81 bits per heavy atom. The molecule has 1 aliphatic heterocycles. The molecule has 2 heterocycles. The van der Waals surface area contributed by atoms with Crippen molar-refractivity contribution in [1.82, 2.24) is 0 Å². The molecule has 0 N–H and O–H groups in total. The molecule has 0 saturated carbocycles. The van der Waals surface area contributed by atoms with Crippen LogP contribution in [-0.4, -0.2) is 0 Å². The molecule has 260 valence electrons. The van der Waals surface area contributed by atoms with E-state index in [0.717, 1.165) is 25.7 Å². The van der Waals surface area contributed by atoms with Gasteiger partial charge in [-0.1, -0.05) is 139 Å². The number of allylic oxidation sites excluding steroid dienone is 8. The van der Waals surface area contributed by atoms with Gasteiger partial charge in [0.25, 0.3) is 0 Å². The Hall–Kier alpha value is -4.37. The van der Waals surface area contributed by atoms with Crippen molar-refractivity contribution in [3.8, 4) is 21.6 Å². The summed E-state index contributed by atoms with van der Waals surface area (Å²) in [7, 11) is -4.94. The van der Waals surface area contributed by atoms with Gasteiger partial charge in [0, 0.05) is 32.6 Å². The van der Waals surface area contributed by atoms with E-state index in [9.17, 15) is 0 Å². The third-order valence-corrected chi connectivity index (χ3v) is 12.0. The Kier molecular flexibility index (Phi) is 11.4. The third-order valence-electron chi connectivity index (χ3n) is 9.38. The lowest BCUT2D eigenvalue weighted by Gasteiger charge is -2.28.